The molecule has 2 heterocycles. The molecular formula is C28H44O8S2. The molecule has 0 radical (unpaired) electrons. The molecule has 5 atom stereocenters. The summed E-state index contributed by atoms with van der Waals surface area (Å²) in [6.45, 7) is 19.2. The van der Waals surface area contributed by atoms with Crippen LogP contribution in [0.3, 0.4) is 0 Å². The highest BCUT2D eigenvalue weighted by Gasteiger charge is 2.57. The highest BCUT2D eigenvalue weighted by atomic mass is 32.2. The Morgan fingerprint density at radius 2 is 1.66 bits per heavy atom. The van der Waals surface area contributed by atoms with Gasteiger partial charge in [0.25, 0.3) is 10.1 Å². The zero-order valence-corrected chi connectivity index (χ0v) is 25.7. The standard InChI is InChI=1S/C28H44O8S2/c1-11-31-22(23-24(32-15-37-10)25-27(34-23)36-28(8,9)35-25)14-33-38(29,30)26-20(17(4)5)12-19(16(2)3)13-21(26)18(6)7/h11-13,16-18,22-25,27H,1,14-15H2,2-10H3/t22-,23-,24+,25-,27-/m1/s1. The van der Waals surface area contributed by atoms with E-state index >= 15 is 0 Å². The molecule has 2 aliphatic rings. The minimum absolute atomic E-state index is 0.0145. The third kappa shape index (κ3) is 6.95. The molecule has 8 nitrogen and oxygen atoms in total. The van der Waals surface area contributed by atoms with Crippen LogP contribution < -0.4 is 0 Å². The lowest BCUT2D eigenvalue weighted by atomic mass is 9.89. The van der Waals surface area contributed by atoms with Crippen molar-refractivity contribution < 1.29 is 36.3 Å². The summed E-state index contributed by atoms with van der Waals surface area (Å²) >= 11 is 1.51. The first-order valence-corrected chi connectivity index (χ1v) is 16.0. The van der Waals surface area contributed by atoms with Crippen LogP contribution in [0.2, 0.25) is 0 Å². The van der Waals surface area contributed by atoms with Crippen molar-refractivity contribution in [3.63, 3.8) is 0 Å². The van der Waals surface area contributed by atoms with E-state index < -0.39 is 46.6 Å². The Morgan fingerprint density at radius 1 is 1.05 bits per heavy atom. The molecule has 2 fully saturated rings. The summed E-state index contributed by atoms with van der Waals surface area (Å²) in [4.78, 5) is 0.233. The molecule has 216 valence electrons. The number of thioether (sulfide) groups is 1. The van der Waals surface area contributed by atoms with Crippen molar-refractivity contribution in [2.75, 3.05) is 18.8 Å². The second-order valence-corrected chi connectivity index (χ2v) is 13.5. The average Bonchev–Trinajstić information content (AvgIpc) is 3.30. The minimum atomic E-state index is -4.15. The van der Waals surface area contributed by atoms with Crippen LogP contribution in [0.25, 0.3) is 0 Å². The van der Waals surface area contributed by atoms with Gasteiger partial charge in [0.15, 0.2) is 18.2 Å². The monoisotopic (exact) mass is 572 g/mol. The molecule has 0 aliphatic carbocycles. The first-order valence-electron chi connectivity index (χ1n) is 13.2. The first-order chi connectivity index (χ1) is 17.7. The molecule has 1 aromatic rings. The zero-order chi connectivity index (χ0) is 28.4. The predicted octanol–water partition coefficient (Wildman–Crippen LogP) is 5.87. The first kappa shape index (κ1) is 31.4. The number of rotatable bonds is 13. The second-order valence-electron chi connectivity index (χ2n) is 11.2. The summed E-state index contributed by atoms with van der Waals surface area (Å²) in [6.07, 6.45) is -0.0423. The summed E-state index contributed by atoms with van der Waals surface area (Å²) in [7, 11) is -4.15. The Hall–Kier alpha value is -1.14. The van der Waals surface area contributed by atoms with Gasteiger partial charge in [-0.1, -0.05) is 60.3 Å². The van der Waals surface area contributed by atoms with Gasteiger partial charge in [-0.25, -0.2) is 0 Å². The quantitative estimate of drug-likeness (QED) is 0.163. The van der Waals surface area contributed by atoms with E-state index in [-0.39, 0.29) is 29.3 Å². The number of ether oxygens (including phenoxy) is 5. The Morgan fingerprint density at radius 3 is 2.16 bits per heavy atom. The maximum Gasteiger partial charge on any atom is 0.297 e. The van der Waals surface area contributed by atoms with E-state index in [0.717, 1.165) is 16.7 Å². The molecule has 0 saturated carbocycles. The van der Waals surface area contributed by atoms with Gasteiger partial charge in [0, 0.05) is 0 Å². The number of hydrogen-bond donors (Lipinski definition) is 0. The fourth-order valence-electron chi connectivity index (χ4n) is 4.87. The smallest absolute Gasteiger partial charge is 0.297 e. The van der Waals surface area contributed by atoms with Crippen LogP contribution in [0, 0.1) is 0 Å². The summed E-state index contributed by atoms with van der Waals surface area (Å²) in [6, 6.07) is 3.97. The van der Waals surface area contributed by atoms with Crippen molar-refractivity contribution in [3.8, 4) is 0 Å². The van der Waals surface area contributed by atoms with Crippen molar-refractivity contribution >= 4 is 21.9 Å². The minimum Gasteiger partial charge on any atom is -0.493 e. The Balaban J connectivity index is 1.92. The molecular weight excluding hydrogens is 528 g/mol. The number of benzene rings is 1. The third-order valence-corrected chi connectivity index (χ3v) is 8.55. The Labute approximate surface area is 232 Å². The molecule has 0 spiro atoms. The average molecular weight is 573 g/mol. The van der Waals surface area contributed by atoms with Crippen LogP contribution in [-0.2, 0) is 38.0 Å². The highest BCUT2D eigenvalue weighted by molar-refractivity contribution is 7.98. The summed E-state index contributed by atoms with van der Waals surface area (Å²) in [5, 5.41) is 0. The van der Waals surface area contributed by atoms with Gasteiger partial charge >= 0.3 is 0 Å². The molecule has 0 amide bonds. The Bertz CT molecular complexity index is 1040. The molecule has 2 saturated heterocycles. The van der Waals surface area contributed by atoms with Gasteiger partial charge in [-0.3, -0.25) is 4.18 Å². The molecule has 38 heavy (non-hydrogen) atoms. The molecule has 0 N–H and O–H groups in total. The predicted molar refractivity (Wildman–Crippen MR) is 149 cm³/mol. The van der Waals surface area contributed by atoms with Crippen LogP contribution in [0.4, 0.5) is 0 Å². The maximum atomic E-state index is 13.8. The normalized spacial score (nSPS) is 25.8. The van der Waals surface area contributed by atoms with E-state index in [1.54, 1.807) is 0 Å². The van der Waals surface area contributed by atoms with Gasteiger partial charge < -0.3 is 23.7 Å². The fraction of sp³-hybridized carbons (Fsp3) is 0.714. The van der Waals surface area contributed by atoms with Crippen LogP contribution in [0.1, 0.15) is 89.8 Å². The van der Waals surface area contributed by atoms with Crippen molar-refractivity contribution in [1.82, 2.24) is 0 Å². The fourth-order valence-corrected chi connectivity index (χ4v) is 6.76. The highest BCUT2D eigenvalue weighted by Crippen LogP contribution is 2.41. The lowest BCUT2D eigenvalue weighted by molar-refractivity contribution is -0.229. The van der Waals surface area contributed by atoms with Crippen molar-refractivity contribution in [2.45, 2.75) is 115 Å². The third-order valence-electron chi connectivity index (χ3n) is 6.76. The molecule has 0 aromatic heterocycles. The molecule has 1 aromatic carbocycles. The van der Waals surface area contributed by atoms with Crippen molar-refractivity contribution in [2.24, 2.45) is 0 Å². The van der Waals surface area contributed by atoms with E-state index in [9.17, 15) is 8.42 Å². The lowest BCUT2D eigenvalue weighted by Gasteiger charge is -2.30. The van der Waals surface area contributed by atoms with Crippen LogP contribution >= 0.6 is 11.8 Å². The van der Waals surface area contributed by atoms with Gasteiger partial charge in [-0.05, 0) is 54.5 Å². The summed E-state index contributed by atoms with van der Waals surface area (Å²) in [5.74, 6) is -0.188. The summed E-state index contributed by atoms with van der Waals surface area (Å²) in [5.41, 5.74) is 2.60. The van der Waals surface area contributed by atoms with E-state index in [1.165, 1.54) is 18.0 Å². The van der Waals surface area contributed by atoms with Gasteiger partial charge in [0.2, 0.25) is 0 Å². The Kier molecular flexibility index (Phi) is 10.4. The molecule has 0 bridgehead atoms. The lowest BCUT2D eigenvalue weighted by Crippen LogP contribution is -2.45. The van der Waals surface area contributed by atoms with Crippen LogP contribution in [0.15, 0.2) is 29.9 Å². The van der Waals surface area contributed by atoms with Crippen LogP contribution in [-0.4, -0.2) is 63.7 Å². The SMILES string of the molecule is C=CO[C@H](COS(=O)(=O)c1c(C(C)C)cc(C(C)C)cc1C(C)C)[C@H]1O[C@@H]2OC(C)(C)O[C@@H]2[C@H]1OCSC. The van der Waals surface area contributed by atoms with E-state index in [0.29, 0.717) is 5.94 Å². The largest absolute Gasteiger partial charge is 0.493 e. The van der Waals surface area contributed by atoms with E-state index in [2.05, 4.69) is 20.4 Å². The molecule has 3 rings (SSSR count). The van der Waals surface area contributed by atoms with E-state index in [4.69, 9.17) is 27.9 Å². The van der Waals surface area contributed by atoms with Gasteiger partial charge in [-0.2, -0.15) is 8.42 Å². The van der Waals surface area contributed by atoms with Crippen molar-refractivity contribution in [3.05, 3.63) is 41.7 Å². The van der Waals surface area contributed by atoms with Gasteiger partial charge in [0.1, 0.15) is 29.8 Å². The second kappa shape index (κ2) is 12.6. The number of hydrogen-bond acceptors (Lipinski definition) is 9. The molecule has 2 aliphatic heterocycles. The molecule has 10 heteroatoms. The van der Waals surface area contributed by atoms with E-state index in [1.807, 2.05) is 59.9 Å². The van der Waals surface area contributed by atoms with Gasteiger partial charge in [0.05, 0.1) is 12.2 Å². The van der Waals surface area contributed by atoms with Crippen molar-refractivity contribution in [1.29, 1.82) is 0 Å². The number of fused-ring (bicyclic) bond motifs is 1. The topological polar surface area (TPSA) is 89.5 Å². The maximum absolute atomic E-state index is 13.8. The summed E-state index contributed by atoms with van der Waals surface area (Å²) < 4.78 is 63.2. The van der Waals surface area contributed by atoms with Crippen LogP contribution in [0.5, 0.6) is 0 Å². The molecule has 0 unspecified atom stereocenters. The zero-order valence-electron chi connectivity index (χ0n) is 24.1. The van der Waals surface area contributed by atoms with Gasteiger partial charge in [-0.15, -0.1) is 11.8 Å².